The van der Waals surface area contributed by atoms with E-state index >= 15 is 0 Å². The highest BCUT2D eigenvalue weighted by atomic mass is 16.1. The van der Waals surface area contributed by atoms with Gasteiger partial charge in [0.25, 0.3) is 5.91 Å². The van der Waals surface area contributed by atoms with E-state index in [9.17, 15) is 4.79 Å². The molecule has 2 aliphatic rings. The van der Waals surface area contributed by atoms with Crippen LogP contribution in [0.5, 0.6) is 0 Å². The average Bonchev–Trinajstić information content (AvgIpc) is 2.37. The van der Waals surface area contributed by atoms with Crippen LogP contribution < -0.4 is 10.6 Å². The predicted molar refractivity (Wildman–Crippen MR) is 78.8 cm³/mol. The van der Waals surface area contributed by atoms with Crippen molar-refractivity contribution in [3.63, 3.8) is 0 Å². The minimum atomic E-state index is 0.0244. The predicted octanol–water partition coefficient (Wildman–Crippen LogP) is 2.10. The number of nitrogens with one attached hydrogen (secondary N) is 2. The summed E-state index contributed by atoms with van der Waals surface area (Å²) in [5, 5.41) is 6.83. The Morgan fingerprint density at radius 1 is 1.40 bits per heavy atom. The number of hydrogen-bond donors (Lipinski definition) is 2. The number of amides is 1. The van der Waals surface area contributed by atoms with Gasteiger partial charge in [0.1, 0.15) is 0 Å². The van der Waals surface area contributed by atoms with Crippen molar-refractivity contribution in [2.24, 2.45) is 0 Å². The third-order valence-electron chi connectivity index (χ3n) is 4.75. The molecule has 0 bridgehead atoms. The minimum Gasteiger partial charge on any atom is -0.349 e. The Morgan fingerprint density at radius 3 is 2.85 bits per heavy atom. The van der Waals surface area contributed by atoms with E-state index in [-0.39, 0.29) is 5.91 Å². The molecule has 3 rings (SSSR count). The van der Waals surface area contributed by atoms with Crippen molar-refractivity contribution in [2.45, 2.75) is 57.5 Å². The summed E-state index contributed by atoms with van der Waals surface area (Å²) in [5.74, 6) is 0.0244. The molecule has 0 aromatic carbocycles. The second-order valence-electron chi connectivity index (χ2n) is 6.31. The molecule has 20 heavy (non-hydrogen) atoms. The molecule has 2 N–H and O–H groups in total. The third-order valence-corrected chi connectivity index (χ3v) is 4.75. The summed E-state index contributed by atoms with van der Waals surface area (Å²) in [6, 6.07) is 4.08. The first-order valence-electron chi connectivity index (χ1n) is 7.58. The molecule has 1 aliphatic heterocycles. The first kappa shape index (κ1) is 13.6. The second kappa shape index (κ2) is 5.17. The van der Waals surface area contributed by atoms with E-state index in [4.69, 9.17) is 0 Å². The number of pyridine rings is 1. The zero-order valence-corrected chi connectivity index (χ0v) is 12.3. The number of piperidine rings is 1. The van der Waals surface area contributed by atoms with Crippen molar-refractivity contribution in [3.05, 3.63) is 29.1 Å². The summed E-state index contributed by atoms with van der Waals surface area (Å²) < 4.78 is 0. The Hall–Kier alpha value is -1.42. The lowest BCUT2D eigenvalue weighted by molar-refractivity contribution is 0.0852. The second-order valence-corrected chi connectivity index (χ2v) is 6.31. The fourth-order valence-corrected chi connectivity index (χ4v) is 3.45. The molecule has 1 spiro atoms. The number of aryl methyl sites for hydroxylation is 2. The minimum absolute atomic E-state index is 0.0244. The highest BCUT2D eigenvalue weighted by Crippen LogP contribution is 2.38. The van der Waals surface area contributed by atoms with Crippen molar-refractivity contribution in [3.8, 4) is 0 Å². The molecule has 2 heterocycles. The van der Waals surface area contributed by atoms with Crippen molar-refractivity contribution in [2.75, 3.05) is 6.54 Å². The van der Waals surface area contributed by atoms with Crippen LogP contribution >= 0.6 is 0 Å². The van der Waals surface area contributed by atoms with E-state index in [0.717, 1.165) is 30.8 Å². The number of carbonyl (C=O) groups is 1. The van der Waals surface area contributed by atoms with E-state index < -0.39 is 0 Å². The van der Waals surface area contributed by atoms with Crippen LogP contribution in [-0.4, -0.2) is 29.0 Å². The lowest BCUT2D eigenvalue weighted by Gasteiger charge is -2.48. The van der Waals surface area contributed by atoms with Gasteiger partial charge in [-0.2, -0.15) is 0 Å². The van der Waals surface area contributed by atoms with Gasteiger partial charge in [-0.1, -0.05) is 0 Å². The summed E-state index contributed by atoms with van der Waals surface area (Å²) in [5.41, 5.74) is 2.79. The molecule has 1 aromatic heterocycles. The molecular formula is C16H23N3O. The van der Waals surface area contributed by atoms with E-state index in [1.165, 1.54) is 19.3 Å². The van der Waals surface area contributed by atoms with Crippen LogP contribution in [0.15, 0.2) is 12.1 Å². The van der Waals surface area contributed by atoms with E-state index in [0.29, 0.717) is 17.1 Å². The largest absolute Gasteiger partial charge is 0.349 e. The van der Waals surface area contributed by atoms with Crippen molar-refractivity contribution in [1.29, 1.82) is 0 Å². The number of carbonyl (C=O) groups excluding carboxylic acids is 1. The van der Waals surface area contributed by atoms with Gasteiger partial charge in [0, 0.05) is 17.3 Å². The zero-order chi connectivity index (χ0) is 14.2. The monoisotopic (exact) mass is 273 g/mol. The average molecular weight is 273 g/mol. The SMILES string of the molecule is Cc1ccc(C(=O)NC2CCNC3(CCC3)C2)c(C)n1. The zero-order valence-electron chi connectivity index (χ0n) is 12.3. The Labute approximate surface area is 120 Å². The molecule has 1 saturated heterocycles. The standard InChI is InChI=1S/C16H23N3O/c1-11-4-5-14(12(2)18-11)15(20)19-13-6-9-17-16(10-13)7-3-8-16/h4-5,13,17H,3,6-10H2,1-2H3,(H,19,20). The fraction of sp³-hybridized carbons (Fsp3) is 0.625. The van der Waals surface area contributed by atoms with Crippen molar-refractivity contribution in [1.82, 2.24) is 15.6 Å². The molecule has 0 radical (unpaired) electrons. The molecule has 1 saturated carbocycles. The van der Waals surface area contributed by atoms with Crippen molar-refractivity contribution >= 4 is 5.91 Å². The summed E-state index contributed by atoms with van der Waals surface area (Å²) in [7, 11) is 0. The molecule has 1 aliphatic carbocycles. The summed E-state index contributed by atoms with van der Waals surface area (Å²) >= 11 is 0. The van der Waals surface area contributed by atoms with Gasteiger partial charge in [-0.15, -0.1) is 0 Å². The van der Waals surface area contributed by atoms with Gasteiger partial charge in [0.2, 0.25) is 0 Å². The van der Waals surface area contributed by atoms with E-state index in [1.54, 1.807) is 0 Å². The first-order valence-corrected chi connectivity index (χ1v) is 7.58. The van der Waals surface area contributed by atoms with Gasteiger partial charge in [0.15, 0.2) is 0 Å². The highest BCUT2D eigenvalue weighted by molar-refractivity contribution is 5.95. The van der Waals surface area contributed by atoms with Crippen LogP contribution in [0.2, 0.25) is 0 Å². The summed E-state index contributed by atoms with van der Waals surface area (Å²) in [6.07, 6.45) is 5.91. The molecule has 1 unspecified atom stereocenters. The van der Waals surface area contributed by atoms with Gasteiger partial charge in [-0.25, -0.2) is 0 Å². The van der Waals surface area contributed by atoms with Gasteiger partial charge in [-0.3, -0.25) is 9.78 Å². The van der Waals surface area contributed by atoms with Crippen molar-refractivity contribution < 1.29 is 4.79 Å². The normalized spacial score (nSPS) is 24.2. The van der Waals surface area contributed by atoms with Crippen LogP contribution in [0.25, 0.3) is 0 Å². The van der Waals surface area contributed by atoms with Crippen LogP contribution in [-0.2, 0) is 0 Å². The molecule has 1 amide bonds. The Balaban J connectivity index is 1.66. The number of hydrogen-bond acceptors (Lipinski definition) is 3. The third kappa shape index (κ3) is 2.57. The van der Waals surface area contributed by atoms with Crippen LogP contribution in [0.4, 0.5) is 0 Å². The Bertz CT molecular complexity index is 522. The molecule has 108 valence electrons. The lowest BCUT2D eigenvalue weighted by Crippen LogP contribution is -2.59. The smallest absolute Gasteiger partial charge is 0.253 e. The van der Waals surface area contributed by atoms with Gasteiger partial charge < -0.3 is 10.6 Å². The number of aromatic nitrogens is 1. The number of nitrogens with zero attached hydrogens (tertiary/aromatic N) is 1. The van der Waals surface area contributed by atoms with Gasteiger partial charge >= 0.3 is 0 Å². The van der Waals surface area contributed by atoms with Crippen LogP contribution in [0.3, 0.4) is 0 Å². The van der Waals surface area contributed by atoms with Crippen LogP contribution in [0.1, 0.15) is 53.8 Å². The van der Waals surface area contributed by atoms with E-state index in [2.05, 4.69) is 15.6 Å². The fourth-order valence-electron chi connectivity index (χ4n) is 3.45. The maximum atomic E-state index is 12.4. The Kier molecular flexibility index (Phi) is 3.50. The molecular weight excluding hydrogens is 250 g/mol. The van der Waals surface area contributed by atoms with Gasteiger partial charge in [0.05, 0.1) is 11.3 Å². The molecule has 4 heteroatoms. The summed E-state index contributed by atoms with van der Waals surface area (Å²) in [6.45, 7) is 4.86. The van der Waals surface area contributed by atoms with Gasteiger partial charge in [-0.05, 0) is 64.6 Å². The first-order chi connectivity index (χ1) is 9.58. The van der Waals surface area contributed by atoms with E-state index in [1.807, 2.05) is 26.0 Å². The number of rotatable bonds is 2. The molecule has 4 nitrogen and oxygen atoms in total. The lowest BCUT2D eigenvalue weighted by atomic mass is 9.70. The summed E-state index contributed by atoms with van der Waals surface area (Å²) in [4.78, 5) is 16.8. The quantitative estimate of drug-likeness (QED) is 0.867. The van der Waals surface area contributed by atoms with Crippen LogP contribution in [0, 0.1) is 13.8 Å². The Morgan fingerprint density at radius 2 is 2.20 bits per heavy atom. The highest BCUT2D eigenvalue weighted by Gasteiger charge is 2.41. The molecule has 1 aromatic rings. The maximum absolute atomic E-state index is 12.4. The molecule has 2 fully saturated rings. The molecule has 1 atom stereocenters. The topological polar surface area (TPSA) is 54.0 Å². The maximum Gasteiger partial charge on any atom is 0.253 e.